The lowest BCUT2D eigenvalue weighted by molar-refractivity contribution is -0.141. The maximum absolute atomic E-state index is 13.4. The van der Waals surface area contributed by atoms with E-state index in [2.05, 4.69) is 29.6 Å². The quantitative estimate of drug-likeness (QED) is 0.415. The number of rotatable bonds is 9. The number of halogens is 2. The molecule has 32 heavy (non-hydrogen) atoms. The van der Waals surface area contributed by atoms with Crippen molar-refractivity contribution in [3.63, 3.8) is 0 Å². The van der Waals surface area contributed by atoms with Crippen molar-refractivity contribution in [2.24, 2.45) is 0 Å². The van der Waals surface area contributed by atoms with Crippen LogP contribution in [0, 0.1) is 0 Å². The molecule has 0 unspecified atom stereocenters. The molecular weight excluding hydrogens is 443 g/mol. The summed E-state index contributed by atoms with van der Waals surface area (Å²) in [4.78, 5) is 27.8. The number of hydrogen-bond donors (Lipinski definition) is 1. The highest BCUT2D eigenvalue weighted by atomic mass is 35.5. The van der Waals surface area contributed by atoms with Crippen LogP contribution in [0.5, 0.6) is 0 Å². The zero-order valence-electron chi connectivity index (χ0n) is 18.4. The Balaban J connectivity index is 1.85. The average molecular weight is 471 g/mol. The molecule has 0 heterocycles. The molecular formula is C26H28Cl2N2O2. The number of amides is 2. The number of carbonyl (C=O) groups is 2. The topological polar surface area (TPSA) is 49.4 Å². The van der Waals surface area contributed by atoms with Gasteiger partial charge in [-0.1, -0.05) is 78.7 Å². The van der Waals surface area contributed by atoms with E-state index in [0.29, 0.717) is 35.9 Å². The maximum atomic E-state index is 13.4. The fraction of sp³-hybridized carbons (Fsp3) is 0.308. The van der Waals surface area contributed by atoms with Gasteiger partial charge >= 0.3 is 0 Å². The molecule has 0 aliphatic heterocycles. The number of carbonyl (C=O) groups excluding carboxylic acids is 2. The highest BCUT2D eigenvalue weighted by Gasteiger charge is 2.28. The third-order valence-corrected chi connectivity index (χ3v) is 6.17. The Labute approximate surface area is 199 Å². The van der Waals surface area contributed by atoms with E-state index in [1.165, 1.54) is 0 Å². The summed E-state index contributed by atoms with van der Waals surface area (Å²) in [5.41, 5.74) is 1.88. The summed E-state index contributed by atoms with van der Waals surface area (Å²) < 4.78 is 0. The van der Waals surface area contributed by atoms with Gasteiger partial charge < -0.3 is 10.2 Å². The molecule has 6 heteroatoms. The van der Waals surface area contributed by atoms with E-state index in [1.807, 2.05) is 32.0 Å². The summed E-state index contributed by atoms with van der Waals surface area (Å²) in [5, 5.41) is 6.16. The first-order chi connectivity index (χ1) is 15.4. The largest absolute Gasteiger partial charge is 0.355 e. The number of benzene rings is 3. The van der Waals surface area contributed by atoms with Crippen LogP contribution in [0.2, 0.25) is 10.0 Å². The van der Waals surface area contributed by atoms with Crippen LogP contribution in [0.4, 0.5) is 0 Å². The third-order valence-electron chi connectivity index (χ3n) is 5.58. The number of nitrogens with one attached hydrogen (secondary N) is 1. The smallest absolute Gasteiger partial charge is 0.242 e. The van der Waals surface area contributed by atoms with Gasteiger partial charge in [0.1, 0.15) is 6.04 Å². The van der Waals surface area contributed by atoms with E-state index in [-0.39, 0.29) is 18.4 Å². The van der Waals surface area contributed by atoms with Crippen LogP contribution in [0.1, 0.15) is 37.8 Å². The lowest BCUT2D eigenvalue weighted by atomic mass is 10.00. The number of likely N-dealkylation sites (N-methyl/N-ethyl adjacent to an activating group) is 1. The van der Waals surface area contributed by atoms with Gasteiger partial charge in [-0.3, -0.25) is 9.59 Å². The first-order valence-electron chi connectivity index (χ1n) is 10.9. The van der Waals surface area contributed by atoms with Crippen LogP contribution in [-0.2, 0) is 22.6 Å². The summed E-state index contributed by atoms with van der Waals surface area (Å²) in [7, 11) is 0. The van der Waals surface area contributed by atoms with Gasteiger partial charge in [-0.25, -0.2) is 0 Å². The second-order valence-electron chi connectivity index (χ2n) is 7.71. The average Bonchev–Trinajstić information content (AvgIpc) is 2.79. The summed E-state index contributed by atoms with van der Waals surface area (Å²) >= 11 is 12.4. The Hall–Kier alpha value is -2.56. The molecule has 0 saturated carbocycles. The zero-order valence-corrected chi connectivity index (χ0v) is 19.9. The maximum Gasteiger partial charge on any atom is 0.242 e. The molecule has 0 aliphatic carbocycles. The van der Waals surface area contributed by atoms with E-state index in [1.54, 1.807) is 23.1 Å². The molecule has 0 spiro atoms. The molecule has 3 aromatic rings. The lowest BCUT2D eigenvalue weighted by Crippen LogP contribution is -2.49. The van der Waals surface area contributed by atoms with Crippen molar-refractivity contribution < 1.29 is 9.59 Å². The fourth-order valence-electron chi connectivity index (χ4n) is 3.94. The predicted molar refractivity (Wildman–Crippen MR) is 132 cm³/mol. The third kappa shape index (κ3) is 5.81. The number of fused-ring (bicyclic) bond motifs is 1. The fourth-order valence-corrected chi connectivity index (χ4v) is 4.41. The van der Waals surface area contributed by atoms with E-state index >= 15 is 0 Å². The first kappa shape index (κ1) is 24.1. The summed E-state index contributed by atoms with van der Waals surface area (Å²) in [6, 6.07) is 18.9. The van der Waals surface area contributed by atoms with Crippen molar-refractivity contribution in [2.75, 3.05) is 6.54 Å². The first-order valence-corrected chi connectivity index (χ1v) is 11.7. The minimum absolute atomic E-state index is 0.0814. The molecule has 0 aliphatic rings. The second kappa shape index (κ2) is 11.3. The molecule has 0 radical (unpaired) electrons. The van der Waals surface area contributed by atoms with Crippen molar-refractivity contribution in [3.8, 4) is 0 Å². The van der Waals surface area contributed by atoms with Gasteiger partial charge in [-0.15, -0.1) is 0 Å². The Kier molecular flexibility index (Phi) is 8.54. The Morgan fingerprint density at radius 1 is 0.969 bits per heavy atom. The molecule has 1 N–H and O–H groups in total. The van der Waals surface area contributed by atoms with Gasteiger partial charge in [-0.2, -0.15) is 0 Å². The molecule has 0 saturated heterocycles. The van der Waals surface area contributed by atoms with E-state index in [0.717, 1.165) is 21.9 Å². The lowest BCUT2D eigenvalue weighted by Gasteiger charge is -2.31. The molecule has 0 bridgehead atoms. The molecule has 0 fully saturated rings. The van der Waals surface area contributed by atoms with E-state index in [4.69, 9.17) is 23.2 Å². The van der Waals surface area contributed by atoms with Crippen molar-refractivity contribution >= 4 is 45.8 Å². The van der Waals surface area contributed by atoms with Crippen molar-refractivity contribution in [3.05, 3.63) is 81.8 Å². The van der Waals surface area contributed by atoms with Gasteiger partial charge in [0.15, 0.2) is 0 Å². The van der Waals surface area contributed by atoms with Gasteiger partial charge in [0, 0.05) is 29.6 Å². The number of nitrogens with zero attached hydrogens (tertiary/aromatic N) is 1. The molecule has 2 amide bonds. The molecule has 3 aromatic carbocycles. The standard InChI is InChI=1S/C26H28Cl2N2O2/c1-3-24(26(32)29-4-2)30(17-20-12-14-21(27)16-23(20)28)25(31)15-13-19-10-7-9-18-8-5-6-11-22(18)19/h5-12,14,16,24H,3-4,13,15,17H2,1-2H3,(H,29,32)/t24-/m1/s1. The molecule has 3 rings (SSSR count). The molecule has 1 atom stereocenters. The molecule has 0 aromatic heterocycles. The van der Waals surface area contributed by atoms with Crippen LogP contribution < -0.4 is 5.32 Å². The molecule has 4 nitrogen and oxygen atoms in total. The normalized spacial score (nSPS) is 11.9. The van der Waals surface area contributed by atoms with Gasteiger partial charge in [0.25, 0.3) is 0 Å². The van der Waals surface area contributed by atoms with E-state index < -0.39 is 6.04 Å². The Morgan fingerprint density at radius 2 is 1.72 bits per heavy atom. The van der Waals surface area contributed by atoms with Gasteiger partial charge in [0.2, 0.25) is 11.8 Å². The Morgan fingerprint density at radius 3 is 2.44 bits per heavy atom. The van der Waals surface area contributed by atoms with Gasteiger partial charge in [0.05, 0.1) is 0 Å². The molecule has 168 valence electrons. The highest BCUT2D eigenvalue weighted by Crippen LogP contribution is 2.25. The predicted octanol–water partition coefficient (Wildman–Crippen LogP) is 6.02. The van der Waals surface area contributed by atoms with Crippen LogP contribution in [0.3, 0.4) is 0 Å². The minimum atomic E-state index is -0.568. The van der Waals surface area contributed by atoms with Crippen molar-refractivity contribution in [1.82, 2.24) is 10.2 Å². The zero-order chi connectivity index (χ0) is 23.1. The summed E-state index contributed by atoms with van der Waals surface area (Å²) in [5.74, 6) is -0.236. The summed E-state index contributed by atoms with van der Waals surface area (Å²) in [6.07, 6.45) is 1.41. The number of aryl methyl sites for hydroxylation is 1. The van der Waals surface area contributed by atoms with Crippen LogP contribution in [0.15, 0.2) is 60.7 Å². The van der Waals surface area contributed by atoms with Crippen molar-refractivity contribution in [1.29, 1.82) is 0 Å². The van der Waals surface area contributed by atoms with Crippen LogP contribution in [-0.4, -0.2) is 29.3 Å². The number of hydrogen-bond acceptors (Lipinski definition) is 2. The summed E-state index contributed by atoms with van der Waals surface area (Å²) in [6.45, 7) is 4.54. The highest BCUT2D eigenvalue weighted by molar-refractivity contribution is 6.35. The minimum Gasteiger partial charge on any atom is -0.355 e. The van der Waals surface area contributed by atoms with Crippen LogP contribution in [0.25, 0.3) is 10.8 Å². The van der Waals surface area contributed by atoms with Crippen molar-refractivity contribution in [2.45, 2.75) is 45.7 Å². The monoisotopic (exact) mass is 470 g/mol. The SMILES string of the molecule is CCNC(=O)[C@@H](CC)N(Cc1ccc(Cl)cc1Cl)C(=O)CCc1cccc2ccccc12. The van der Waals surface area contributed by atoms with Crippen LogP contribution >= 0.6 is 23.2 Å². The second-order valence-corrected chi connectivity index (χ2v) is 8.56. The van der Waals surface area contributed by atoms with Gasteiger partial charge in [-0.05, 0) is 53.8 Å². The Bertz CT molecular complexity index is 1090. The van der Waals surface area contributed by atoms with E-state index in [9.17, 15) is 9.59 Å².